The molecule has 1 aromatic carbocycles. The fourth-order valence-electron chi connectivity index (χ4n) is 4.37. The van der Waals surface area contributed by atoms with Crippen LogP contribution in [0.3, 0.4) is 0 Å². The molecule has 7 nitrogen and oxygen atoms in total. The van der Waals surface area contributed by atoms with Crippen LogP contribution >= 0.6 is 0 Å². The lowest BCUT2D eigenvalue weighted by atomic mass is 9.90. The fraction of sp³-hybridized carbons (Fsp3) is 0.500. The third-order valence-corrected chi connectivity index (χ3v) is 5.98. The number of aliphatic hydroxyl groups is 2. The van der Waals surface area contributed by atoms with Gasteiger partial charge in [-0.05, 0) is 36.1 Å². The van der Waals surface area contributed by atoms with E-state index in [2.05, 4.69) is 9.97 Å². The maximum absolute atomic E-state index is 14.9. The number of imidazole rings is 1. The van der Waals surface area contributed by atoms with Gasteiger partial charge in [0.05, 0.1) is 23.9 Å². The SMILES string of the molecule is OCCCc1ccc(C2C=c3nc(O[C@@H]4CO[C@H]5[C@@H]4OC[C@H]5O)[nH]c3=CC2F)cc1. The number of H-pyrrole nitrogens is 1. The van der Waals surface area contributed by atoms with Gasteiger partial charge in [-0.2, -0.15) is 4.98 Å². The summed E-state index contributed by atoms with van der Waals surface area (Å²) in [5.41, 5.74) is 2.00. The summed E-state index contributed by atoms with van der Waals surface area (Å²) in [6.45, 7) is 0.699. The minimum atomic E-state index is -1.18. The Labute approximate surface area is 172 Å². The molecular weight excluding hydrogens is 391 g/mol. The molecule has 0 spiro atoms. The van der Waals surface area contributed by atoms with Crippen molar-refractivity contribution in [1.29, 1.82) is 0 Å². The van der Waals surface area contributed by atoms with Gasteiger partial charge in [-0.1, -0.05) is 24.3 Å². The molecule has 2 saturated heterocycles. The molecule has 2 aromatic rings. The third-order valence-electron chi connectivity index (χ3n) is 5.98. The number of hydrogen-bond acceptors (Lipinski definition) is 6. The smallest absolute Gasteiger partial charge is 0.295 e. The number of aromatic amines is 1. The van der Waals surface area contributed by atoms with Crippen molar-refractivity contribution in [3.05, 3.63) is 46.1 Å². The van der Waals surface area contributed by atoms with E-state index in [1.54, 1.807) is 0 Å². The van der Waals surface area contributed by atoms with Gasteiger partial charge in [-0.25, -0.2) is 4.39 Å². The lowest BCUT2D eigenvalue weighted by Gasteiger charge is -2.17. The number of nitrogens with one attached hydrogen (secondary N) is 1. The molecule has 30 heavy (non-hydrogen) atoms. The summed E-state index contributed by atoms with van der Waals surface area (Å²) in [5, 5.41) is 20.1. The van der Waals surface area contributed by atoms with Crippen LogP contribution in [0, 0.1) is 0 Å². The van der Waals surface area contributed by atoms with Crippen molar-refractivity contribution >= 4 is 12.2 Å². The largest absolute Gasteiger partial charge is 0.456 e. The molecule has 2 fully saturated rings. The summed E-state index contributed by atoms with van der Waals surface area (Å²) in [6, 6.07) is 8.11. The summed E-state index contributed by atoms with van der Waals surface area (Å²) in [4.78, 5) is 7.51. The zero-order valence-electron chi connectivity index (χ0n) is 16.4. The number of halogens is 1. The van der Waals surface area contributed by atoms with Crippen molar-refractivity contribution in [3.8, 4) is 6.01 Å². The Balaban J connectivity index is 1.34. The minimum Gasteiger partial charge on any atom is -0.456 e. The molecule has 8 heteroatoms. The van der Waals surface area contributed by atoms with E-state index < -0.39 is 18.2 Å². The van der Waals surface area contributed by atoms with E-state index in [1.165, 1.54) is 6.08 Å². The lowest BCUT2D eigenvalue weighted by molar-refractivity contribution is 0.00695. The second-order valence-electron chi connectivity index (χ2n) is 8.03. The Morgan fingerprint density at radius 2 is 1.93 bits per heavy atom. The number of hydrogen-bond donors (Lipinski definition) is 3. The maximum atomic E-state index is 14.9. The van der Waals surface area contributed by atoms with E-state index in [1.807, 2.05) is 30.3 Å². The van der Waals surface area contributed by atoms with Gasteiger partial charge in [0.25, 0.3) is 6.01 Å². The van der Waals surface area contributed by atoms with E-state index in [0.29, 0.717) is 29.7 Å². The molecule has 0 saturated carbocycles. The van der Waals surface area contributed by atoms with Crippen LogP contribution in [0.25, 0.3) is 12.2 Å². The van der Waals surface area contributed by atoms with Crippen LogP contribution in [-0.2, 0) is 15.9 Å². The van der Waals surface area contributed by atoms with E-state index in [0.717, 1.165) is 17.5 Å². The first-order chi connectivity index (χ1) is 14.6. The predicted octanol–water partition coefficient (Wildman–Crippen LogP) is -0.0630. The van der Waals surface area contributed by atoms with Crippen molar-refractivity contribution in [2.45, 2.75) is 49.3 Å². The average Bonchev–Trinajstić information content (AvgIpc) is 3.43. The minimum absolute atomic E-state index is 0.160. The Morgan fingerprint density at radius 1 is 1.13 bits per heavy atom. The van der Waals surface area contributed by atoms with Gasteiger partial charge in [0.15, 0.2) is 6.10 Å². The highest BCUT2D eigenvalue weighted by Gasteiger charge is 2.48. The highest BCUT2D eigenvalue weighted by molar-refractivity contribution is 5.50. The van der Waals surface area contributed by atoms with Gasteiger partial charge in [-0.15, -0.1) is 0 Å². The summed E-state index contributed by atoms with van der Waals surface area (Å²) in [7, 11) is 0. The van der Waals surface area contributed by atoms with Gasteiger partial charge >= 0.3 is 0 Å². The summed E-state index contributed by atoms with van der Waals surface area (Å²) in [6.07, 6.45) is 1.96. The molecule has 3 aliphatic rings. The fourth-order valence-corrected chi connectivity index (χ4v) is 4.37. The number of rotatable bonds is 6. The number of aliphatic hydroxyl groups excluding tert-OH is 2. The molecule has 0 amide bonds. The van der Waals surface area contributed by atoms with E-state index in [4.69, 9.17) is 19.3 Å². The van der Waals surface area contributed by atoms with Crippen LogP contribution < -0.4 is 15.4 Å². The molecule has 3 N–H and O–H groups in total. The first-order valence-electron chi connectivity index (χ1n) is 10.3. The molecule has 1 aliphatic carbocycles. The van der Waals surface area contributed by atoms with Crippen LogP contribution in [0.1, 0.15) is 23.5 Å². The first kappa shape index (κ1) is 19.7. The van der Waals surface area contributed by atoms with Crippen LogP contribution in [0.5, 0.6) is 6.01 Å². The number of nitrogens with zero attached hydrogens (tertiary/aromatic N) is 1. The number of aryl methyl sites for hydroxylation is 1. The Kier molecular flexibility index (Phi) is 5.32. The quantitative estimate of drug-likeness (QED) is 0.611. The number of ether oxygens (including phenoxy) is 3. The van der Waals surface area contributed by atoms with E-state index in [-0.39, 0.29) is 31.5 Å². The van der Waals surface area contributed by atoms with Crippen molar-refractivity contribution < 1.29 is 28.8 Å². The molecule has 2 aliphatic heterocycles. The zero-order valence-corrected chi connectivity index (χ0v) is 16.4. The summed E-state index contributed by atoms with van der Waals surface area (Å²) >= 11 is 0. The highest BCUT2D eigenvalue weighted by atomic mass is 19.1. The van der Waals surface area contributed by atoms with Crippen molar-refractivity contribution in [2.75, 3.05) is 19.8 Å². The van der Waals surface area contributed by atoms with Crippen molar-refractivity contribution in [2.24, 2.45) is 0 Å². The van der Waals surface area contributed by atoms with Crippen molar-refractivity contribution in [1.82, 2.24) is 9.97 Å². The van der Waals surface area contributed by atoms with Gasteiger partial charge in [0, 0.05) is 12.5 Å². The van der Waals surface area contributed by atoms with E-state index >= 15 is 0 Å². The van der Waals surface area contributed by atoms with Crippen molar-refractivity contribution in [3.63, 3.8) is 0 Å². The average molecular weight is 416 g/mol. The third kappa shape index (κ3) is 3.65. The zero-order chi connectivity index (χ0) is 20.7. The molecule has 0 radical (unpaired) electrons. The normalized spacial score (nSPS) is 32.2. The van der Waals surface area contributed by atoms with Gasteiger partial charge in [0.1, 0.15) is 24.5 Å². The molecule has 2 unspecified atom stereocenters. The Morgan fingerprint density at radius 3 is 2.73 bits per heavy atom. The standard InChI is InChI=1S/C22H25FN2O5/c23-15-9-17-16(8-14(15)13-5-3-12(4-6-13)2-1-7-26)24-22(25-17)30-19-11-29-20-18(27)10-28-21(19)20/h3-6,8-9,14-15,18-21,26-27H,1-2,7,10-11H2,(H,24,25)/t14?,15?,18-,19-,20-,21-/m1/s1. The topological polar surface area (TPSA) is 96.8 Å². The van der Waals surface area contributed by atoms with Crippen LogP contribution in [0.2, 0.25) is 0 Å². The second kappa shape index (κ2) is 8.11. The second-order valence-corrected chi connectivity index (χ2v) is 8.03. The molecule has 160 valence electrons. The lowest BCUT2D eigenvalue weighted by Crippen LogP contribution is -2.34. The summed E-state index contributed by atoms with van der Waals surface area (Å²) in [5.74, 6) is -0.423. The molecule has 3 heterocycles. The monoisotopic (exact) mass is 416 g/mol. The predicted molar refractivity (Wildman–Crippen MR) is 106 cm³/mol. The summed E-state index contributed by atoms with van der Waals surface area (Å²) < 4.78 is 31.9. The van der Waals surface area contributed by atoms with Gasteiger partial charge in [0.2, 0.25) is 0 Å². The van der Waals surface area contributed by atoms with E-state index in [9.17, 15) is 9.50 Å². The molecule has 0 bridgehead atoms. The van der Waals surface area contributed by atoms with Gasteiger partial charge in [-0.3, -0.25) is 0 Å². The number of benzene rings is 1. The first-order valence-corrected chi connectivity index (χ1v) is 10.3. The van der Waals surface area contributed by atoms with Crippen LogP contribution in [0.4, 0.5) is 4.39 Å². The number of aromatic nitrogens is 2. The van der Waals surface area contributed by atoms with Gasteiger partial charge < -0.3 is 29.4 Å². The molecule has 6 atom stereocenters. The highest BCUT2D eigenvalue weighted by Crippen LogP contribution is 2.29. The number of alkyl halides is 1. The van der Waals surface area contributed by atoms with Crippen LogP contribution in [-0.4, -0.2) is 70.6 Å². The Bertz CT molecular complexity index is 1010. The maximum Gasteiger partial charge on any atom is 0.295 e. The Hall–Kier alpha value is -2.26. The molecule has 1 aromatic heterocycles. The van der Waals surface area contributed by atoms with Crippen LogP contribution in [0.15, 0.2) is 24.3 Å². The number of fused-ring (bicyclic) bond motifs is 2. The molecular formula is C22H25FN2O5. The molecule has 5 rings (SSSR count).